The number of carbonyl (C=O) groups is 1. The van der Waals surface area contributed by atoms with Crippen molar-refractivity contribution in [3.8, 4) is 0 Å². The second-order valence-electron chi connectivity index (χ2n) is 17.5. The lowest BCUT2D eigenvalue weighted by Crippen LogP contribution is -2.51. The summed E-state index contributed by atoms with van der Waals surface area (Å²) in [7, 11) is 0. The van der Waals surface area contributed by atoms with E-state index in [0.717, 1.165) is 74.5 Å². The highest BCUT2D eigenvalue weighted by molar-refractivity contribution is 5.69. The number of allylic oxidation sites excluding steroid dienone is 9. The van der Waals surface area contributed by atoms with Crippen LogP contribution in [0.5, 0.6) is 0 Å². The van der Waals surface area contributed by atoms with E-state index in [1.54, 1.807) is 5.57 Å². The smallest absolute Gasteiger partial charge is 0.306 e. The topological polar surface area (TPSA) is 26.3 Å². The van der Waals surface area contributed by atoms with Crippen molar-refractivity contribution in [3.63, 3.8) is 0 Å². The Morgan fingerprint density at radius 3 is 2.20 bits per heavy atom. The molecule has 0 aromatic heterocycles. The molecule has 2 nitrogen and oxygen atoms in total. The van der Waals surface area contributed by atoms with E-state index in [4.69, 9.17) is 4.74 Å². The molecule has 4 aliphatic carbocycles. The predicted molar refractivity (Wildman–Crippen MR) is 211 cm³/mol. The van der Waals surface area contributed by atoms with E-state index in [1.165, 1.54) is 70.6 Å². The fourth-order valence-corrected chi connectivity index (χ4v) is 11.0. The maximum Gasteiger partial charge on any atom is 0.306 e. The molecule has 0 amide bonds. The van der Waals surface area contributed by atoms with Crippen molar-refractivity contribution in [1.29, 1.82) is 0 Å². The number of fused-ring (bicyclic) bond motifs is 5. The molecule has 2 heteroatoms. The lowest BCUT2D eigenvalue weighted by Gasteiger charge is -2.58. The first-order valence-corrected chi connectivity index (χ1v) is 21.2. The number of hydrogen-bond donors (Lipinski definition) is 0. The van der Waals surface area contributed by atoms with E-state index in [2.05, 4.69) is 103 Å². The SMILES string of the molecule is CCCCC/C=C\C/C=C\C/C=C\CCCCC(=O)O[C@H]1CC[C@@]2(C)C(=CC[C@H]3[C@@H]4CC[C@H]([C@H](C)C=C[C@@H](CC)C(C)C)[C@@]4(C)CC[C@@H]32)C1. The first kappa shape index (κ1) is 39.9. The van der Waals surface area contributed by atoms with Crippen molar-refractivity contribution in [3.05, 3.63) is 60.3 Å². The Balaban J connectivity index is 1.17. The van der Waals surface area contributed by atoms with Crippen molar-refractivity contribution in [2.75, 3.05) is 0 Å². The molecule has 0 heterocycles. The molecule has 4 aliphatic rings. The number of ether oxygens (including phenoxy) is 1. The Hall–Kier alpha value is -1.83. The molecular weight excluding hydrogens is 597 g/mol. The third-order valence-electron chi connectivity index (χ3n) is 14.1. The summed E-state index contributed by atoms with van der Waals surface area (Å²) in [5, 5.41) is 0. The molecule has 0 N–H and O–H groups in total. The monoisotopic (exact) mass is 673 g/mol. The first-order valence-electron chi connectivity index (χ1n) is 21.2. The zero-order chi connectivity index (χ0) is 35.3. The second kappa shape index (κ2) is 19.7. The van der Waals surface area contributed by atoms with Crippen molar-refractivity contribution in [2.45, 2.75) is 177 Å². The van der Waals surface area contributed by atoms with Gasteiger partial charge in [-0.1, -0.05) is 122 Å². The van der Waals surface area contributed by atoms with Crippen LogP contribution in [-0.4, -0.2) is 12.1 Å². The summed E-state index contributed by atoms with van der Waals surface area (Å²) in [4.78, 5) is 12.8. The van der Waals surface area contributed by atoms with Gasteiger partial charge >= 0.3 is 5.97 Å². The molecule has 0 bridgehead atoms. The van der Waals surface area contributed by atoms with Crippen molar-refractivity contribution in [1.82, 2.24) is 0 Å². The minimum Gasteiger partial charge on any atom is -0.462 e. The fraction of sp³-hybridized carbons (Fsp3) is 0.766. The average molecular weight is 673 g/mol. The van der Waals surface area contributed by atoms with Gasteiger partial charge in [-0.15, -0.1) is 0 Å². The predicted octanol–water partition coefficient (Wildman–Crippen LogP) is 13.9. The van der Waals surface area contributed by atoms with Gasteiger partial charge in [0.25, 0.3) is 0 Å². The Labute approximate surface area is 303 Å². The lowest BCUT2D eigenvalue weighted by atomic mass is 9.47. The Morgan fingerprint density at radius 1 is 0.837 bits per heavy atom. The third kappa shape index (κ3) is 10.6. The van der Waals surface area contributed by atoms with Crippen LogP contribution in [0.1, 0.15) is 170 Å². The molecule has 0 spiro atoms. The van der Waals surface area contributed by atoms with Crippen LogP contribution in [0.25, 0.3) is 0 Å². The highest BCUT2D eigenvalue weighted by Gasteiger charge is 2.59. The summed E-state index contributed by atoms with van der Waals surface area (Å²) in [6.07, 6.45) is 43.6. The first-order chi connectivity index (χ1) is 23.6. The average Bonchev–Trinajstić information content (AvgIpc) is 3.44. The van der Waals surface area contributed by atoms with Gasteiger partial charge in [-0.2, -0.15) is 0 Å². The van der Waals surface area contributed by atoms with Crippen LogP contribution in [-0.2, 0) is 9.53 Å². The Morgan fingerprint density at radius 2 is 1.53 bits per heavy atom. The quantitative estimate of drug-likeness (QED) is 0.0775. The van der Waals surface area contributed by atoms with Crippen molar-refractivity contribution >= 4 is 5.97 Å². The third-order valence-corrected chi connectivity index (χ3v) is 14.1. The van der Waals surface area contributed by atoms with Gasteiger partial charge in [0.05, 0.1) is 0 Å². The molecule has 4 rings (SSSR count). The standard InChI is InChI=1S/C47H76O2/c1-8-10-11-12-13-14-15-16-17-18-19-20-21-22-23-24-45(48)49-40-31-33-46(6)39(35-40)27-28-41-43-30-29-42(47(43,7)34-32-44(41)46)37(5)25-26-38(9-2)36(3)4/h13-14,16-17,19-20,25-27,36-38,40-44H,8-12,15,18,21-24,28-35H2,1-7H3/b14-13-,17-16-,20-19-,26-25?/t37-,38-,40+,41+,42-,43+,44+,46+,47-/m1/s1. The lowest BCUT2D eigenvalue weighted by molar-refractivity contribution is -0.151. The van der Waals surface area contributed by atoms with E-state index in [9.17, 15) is 4.79 Å². The van der Waals surface area contributed by atoms with Gasteiger partial charge in [0, 0.05) is 12.8 Å². The van der Waals surface area contributed by atoms with Crippen LogP contribution in [0, 0.1) is 52.3 Å². The summed E-state index contributed by atoms with van der Waals surface area (Å²) < 4.78 is 6.11. The van der Waals surface area contributed by atoms with Gasteiger partial charge in [0.1, 0.15) is 6.10 Å². The van der Waals surface area contributed by atoms with Gasteiger partial charge in [-0.3, -0.25) is 4.79 Å². The molecule has 276 valence electrons. The maximum atomic E-state index is 12.8. The fourth-order valence-electron chi connectivity index (χ4n) is 11.0. The molecule has 3 fully saturated rings. The highest BCUT2D eigenvalue weighted by Crippen LogP contribution is 2.67. The van der Waals surface area contributed by atoms with Gasteiger partial charge in [0.2, 0.25) is 0 Å². The van der Waals surface area contributed by atoms with Crippen LogP contribution in [0.4, 0.5) is 0 Å². The molecule has 0 radical (unpaired) electrons. The van der Waals surface area contributed by atoms with Gasteiger partial charge in [0.15, 0.2) is 0 Å². The molecule has 3 saturated carbocycles. The van der Waals surface area contributed by atoms with E-state index in [1.807, 2.05) is 0 Å². The summed E-state index contributed by atoms with van der Waals surface area (Å²) in [5.41, 5.74) is 2.40. The second-order valence-corrected chi connectivity index (χ2v) is 17.5. The minimum atomic E-state index is 0.0183. The highest BCUT2D eigenvalue weighted by atomic mass is 16.5. The van der Waals surface area contributed by atoms with E-state index >= 15 is 0 Å². The van der Waals surface area contributed by atoms with E-state index < -0.39 is 0 Å². The van der Waals surface area contributed by atoms with E-state index in [0.29, 0.717) is 29.1 Å². The van der Waals surface area contributed by atoms with Crippen molar-refractivity contribution < 1.29 is 9.53 Å². The van der Waals surface area contributed by atoms with Crippen LogP contribution in [0.2, 0.25) is 0 Å². The van der Waals surface area contributed by atoms with Crippen LogP contribution in [0.3, 0.4) is 0 Å². The molecule has 0 aromatic carbocycles. The normalized spacial score (nSPS) is 32.9. The minimum absolute atomic E-state index is 0.0183. The number of unbranched alkanes of at least 4 members (excludes halogenated alkanes) is 5. The van der Waals surface area contributed by atoms with Gasteiger partial charge in [-0.25, -0.2) is 0 Å². The Bertz CT molecular complexity index is 1150. The van der Waals surface area contributed by atoms with Gasteiger partial charge < -0.3 is 4.74 Å². The van der Waals surface area contributed by atoms with Gasteiger partial charge in [-0.05, 0) is 149 Å². The number of esters is 1. The van der Waals surface area contributed by atoms with Crippen LogP contribution < -0.4 is 0 Å². The molecular formula is C47H76O2. The van der Waals surface area contributed by atoms with Crippen molar-refractivity contribution in [2.24, 2.45) is 52.3 Å². The zero-order valence-corrected chi connectivity index (χ0v) is 33.1. The molecule has 0 saturated heterocycles. The largest absolute Gasteiger partial charge is 0.462 e. The summed E-state index contributed by atoms with van der Waals surface area (Å²) in [5.74, 6) is 5.46. The molecule has 9 atom stereocenters. The number of carbonyl (C=O) groups excluding carboxylic acids is 1. The number of hydrogen-bond acceptors (Lipinski definition) is 2. The van der Waals surface area contributed by atoms with Crippen LogP contribution in [0.15, 0.2) is 60.3 Å². The molecule has 0 unspecified atom stereocenters. The molecule has 0 aromatic rings. The summed E-state index contributed by atoms with van der Waals surface area (Å²) in [6.45, 7) is 17.1. The Kier molecular flexibility index (Phi) is 16.1. The summed E-state index contributed by atoms with van der Waals surface area (Å²) in [6, 6.07) is 0. The molecule has 0 aliphatic heterocycles. The zero-order valence-electron chi connectivity index (χ0n) is 33.1. The number of rotatable bonds is 19. The maximum absolute atomic E-state index is 12.8. The summed E-state index contributed by atoms with van der Waals surface area (Å²) >= 11 is 0. The van der Waals surface area contributed by atoms with Crippen LogP contribution >= 0.6 is 0 Å². The van der Waals surface area contributed by atoms with E-state index in [-0.39, 0.29) is 12.1 Å². The molecule has 49 heavy (non-hydrogen) atoms.